The van der Waals surface area contributed by atoms with Gasteiger partial charge < -0.3 is 20.5 Å². The fourth-order valence-electron chi connectivity index (χ4n) is 2.26. The highest BCUT2D eigenvalue weighted by atomic mass is 32.1. The number of hydrogen-bond donors (Lipinski definition) is 3. The molecule has 0 atom stereocenters. The lowest BCUT2D eigenvalue weighted by Crippen LogP contribution is -2.39. The number of nitrogens with zero attached hydrogens (tertiary/aromatic N) is 2. The van der Waals surface area contributed by atoms with Gasteiger partial charge in [-0.2, -0.15) is 13.2 Å². The van der Waals surface area contributed by atoms with Crippen molar-refractivity contribution >= 4 is 17.3 Å². The van der Waals surface area contributed by atoms with E-state index in [9.17, 15) is 18.3 Å². The first-order valence-electron chi connectivity index (χ1n) is 8.15. The van der Waals surface area contributed by atoms with Crippen LogP contribution in [0.25, 0.3) is 0 Å². The SMILES string of the molecule is CN=C(NCCc1nc(C(F)(F)F)cs1)NCCc1ccc(OC)cc1O. The molecule has 1 heterocycles. The van der Waals surface area contributed by atoms with Gasteiger partial charge in [0.15, 0.2) is 11.7 Å². The largest absolute Gasteiger partial charge is 0.508 e. The van der Waals surface area contributed by atoms with Gasteiger partial charge in [0, 0.05) is 38.0 Å². The summed E-state index contributed by atoms with van der Waals surface area (Å²) in [5.74, 6) is 1.26. The summed E-state index contributed by atoms with van der Waals surface area (Å²) in [6, 6.07) is 5.10. The summed E-state index contributed by atoms with van der Waals surface area (Å²) in [4.78, 5) is 7.64. The Hall–Kier alpha value is -2.49. The number of alkyl halides is 3. The second-order valence-corrected chi connectivity index (χ2v) is 6.49. The van der Waals surface area contributed by atoms with Crippen LogP contribution in [-0.4, -0.2) is 43.3 Å². The van der Waals surface area contributed by atoms with Crippen molar-refractivity contribution in [3.8, 4) is 11.5 Å². The Morgan fingerprint density at radius 2 is 1.96 bits per heavy atom. The Morgan fingerprint density at radius 1 is 1.26 bits per heavy atom. The lowest BCUT2D eigenvalue weighted by atomic mass is 10.1. The highest BCUT2D eigenvalue weighted by Gasteiger charge is 2.33. The standard InChI is InChI=1S/C17H21F3N4O2S/c1-21-16(22-7-5-11-3-4-12(26-2)9-13(11)25)23-8-6-15-24-14(10-27-15)17(18,19)20/h3-4,9-10,25H,5-8H2,1-2H3,(H2,21,22,23). The molecule has 0 bridgehead atoms. The van der Waals surface area contributed by atoms with E-state index in [0.29, 0.717) is 42.6 Å². The summed E-state index contributed by atoms with van der Waals surface area (Å²) in [6.45, 7) is 0.924. The van der Waals surface area contributed by atoms with Crippen molar-refractivity contribution in [3.05, 3.63) is 39.8 Å². The third kappa shape index (κ3) is 6.31. The average molecular weight is 402 g/mol. The molecule has 0 fully saturated rings. The summed E-state index contributed by atoms with van der Waals surface area (Å²) >= 11 is 0.986. The number of phenolic OH excluding ortho intramolecular Hbond substituents is 1. The zero-order valence-corrected chi connectivity index (χ0v) is 15.7. The van der Waals surface area contributed by atoms with E-state index in [0.717, 1.165) is 22.3 Å². The fourth-order valence-corrected chi connectivity index (χ4v) is 3.07. The van der Waals surface area contributed by atoms with E-state index in [-0.39, 0.29) is 5.75 Å². The van der Waals surface area contributed by atoms with Gasteiger partial charge in [-0.15, -0.1) is 11.3 Å². The van der Waals surface area contributed by atoms with E-state index in [1.165, 1.54) is 7.11 Å². The summed E-state index contributed by atoms with van der Waals surface area (Å²) in [5.41, 5.74) is -0.0921. The number of phenols is 1. The number of halogens is 3. The molecule has 148 valence electrons. The van der Waals surface area contributed by atoms with Gasteiger partial charge in [0.1, 0.15) is 11.5 Å². The molecule has 3 N–H and O–H groups in total. The molecule has 10 heteroatoms. The number of benzene rings is 1. The maximum Gasteiger partial charge on any atom is 0.434 e. The zero-order valence-electron chi connectivity index (χ0n) is 14.9. The zero-order chi connectivity index (χ0) is 19.9. The van der Waals surface area contributed by atoms with Crippen LogP contribution in [-0.2, 0) is 19.0 Å². The summed E-state index contributed by atoms with van der Waals surface area (Å²) in [6.07, 6.45) is -3.48. The molecule has 2 rings (SSSR count). The highest BCUT2D eigenvalue weighted by Crippen LogP contribution is 2.30. The van der Waals surface area contributed by atoms with Crippen LogP contribution in [0.3, 0.4) is 0 Å². The van der Waals surface area contributed by atoms with Gasteiger partial charge in [-0.1, -0.05) is 6.07 Å². The molecule has 0 aliphatic rings. The first kappa shape index (κ1) is 20.8. The minimum atomic E-state index is -4.41. The molecule has 2 aromatic rings. The second-order valence-electron chi connectivity index (χ2n) is 5.54. The van der Waals surface area contributed by atoms with E-state index in [1.807, 2.05) is 0 Å². The molecule has 0 aliphatic heterocycles. The minimum absolute atomic E-state index is 0.156. The summed E-state index contributed by atoms with van der Waals surface area (Å²) in [5, 5.41) is 17.5. The topological polar surface area (TPSA) is 78.8 Å². The Labute approximate surface area is 159 Å². The van der Waals surface area contributed by atoms with Crippen molar-refractivity contribution in [2.24, 2.45) is 4.99 Å². The Morgan fingerprint density at radius 3 is 2.52 bits per heavy atom. The molecule has 27 heavy (non-hydrogen) atoms. The van der Waals surface area contributed by atoms with E-state index >= 15 is 0 Å². The number of nitrogens with one attached hydrogen (secondary N) is 2. The van der Waals surface area contributed by atoms with Gasteiger partial charge in [0.05, 0.1) is 12.1 Å². The molecule has 0 aliphatic carbocycles. The smallest absolute Gasteiger partial charge is 0.434 e. The molecule has 0 saturated carbocycles. The number of methoxy groups -OCH3 is 1. The van der Waals surface area contributed by atoms with Gasteiger partial charge in [-0.05, 0) is 18.1 Å². The van der Waals surface area contributed by atoms with Crippen molar-refractivity contribution in [1.82, 2.24) is 15.6 Å². The molecule has 1 aromatic heterocycles. The first-order valence-corrected chi connectivity index (χ1v) is 9.03. The van der Waals surface area contributed by atoms with Gasteiger partial charge in [-0.25, -0.2) is 4.98 Å². The molecule has 0 saturated heterocycles. The van der Waals surface area contributed by atoms with E-state index in [1.54, 1.807) is 25.2 Å². The van der Waals surface area contributed by atoms with Crippen LogP contribution in [0.1, 0.15) is 16.3 Å². The first-order chi connectivity index (χ1) is 12.8. The van der Waals surface area contributed by atoms with E-state index in [2.05, 4.69) is 20.6 Å². The van der Waals surface area contributed by atoms with Crippen molar-refractivity contribution < 1.29 is 23.0 Å². The number of aromatic hydroxyl groups is 1. The molecule has 0 amide bonds. The molecule has 0 radical (unpaired) electrons. The maximum absolute atomic E-state index is 12.5. The number of hydrogen-bond acceptors (Lipinski definition) is 5. The Kier molecular flexibility index (Phi) is 7.28. The highest BCUT2D eigenvalue weighted by molar-refractivity contribution is 7.09. The monoisotopic (exact) mass is 402 g/mol. The molecule has 1 aromatic carbocycles. The average Bonchev–Trinajstić information content (AvgIpc) is 3.11. The van der Waals surface area contributed by atoms with Gasteiger partial charge in [0.2, 0.25) is 0 Å². The third-order valence-electron chi connectivity index (χ3n) is 3.68. The van der Waals surface area contributed by atoms with E-state index < -0.39 is 11.9 Å². The predicted octanol–water partition coefficient (Wildman–Crippen LogP) is 2.83. The third-order valence-corrected chi connectivity index (χ3v) is 4.58. The van der Waals surface area contributed by atoms with Crippen LogP contribution in [0.15, 0.2) is 28.6 Å². The number of rotatable bonds is 7. The number of ether oxygens (including phenoxy) is 1. The summed E-state index contributed by atoms with van der Waals surface area (Å²) in [7, 11) is 3.13. The van der Waals surface area contributed by atoms with Crippen LogP contribution in [0, 0.1) is 0 Å². The van der Waals surface area contributed by atoms with Crippen LogP contribution >= 0.6 is 11.3 Å². The van der Waals surface area contributed by atoms with Gasteiger partial charge in [-0.3, -0.25) is 4.99 Å². The lowest BCUT2D eigenvalue weighted by Gasteiger charge is -2.12. The van der Waals surface area contributed by atoms with Crippen LogP contribution in [0.5, 0.6) is 11.5 Å². The van der Waals surface area contributed by atoms with Gasteiger partial charge >= 0.3 is 6.18 Å². The molecular formula is C17H21F3N4O2S. The lowest BCUT2D eigenvalue weighted by molar-refractivity contribution is -0.140. The molecule has 0 unspecified atom stereocenters. The van der Waals surface area contributed by atoms with Gasteiger partial charge in [0.25, 0.3) is 0 Å². The number of thiazole rings is 1. The van der Waals surface area contributed by atoms with Crippen LogP contribution in [0.2, 0.25) is 0 Å². The molecular weight excluding hydrogens is 381 g/mol. The minimum Gasteiger partial charge on any atom is -0.508 e. The number of aliphatic imine (C=N–C) groups is 1. The van der Waals surface area contributed by atoms with Crippen molar-refractivity contribution in [2.45, 2.75) is 19.0 Å². The van der Waals surface area contributed by atoms with E-state index in [4.69, 9.17) is 4.74 Å². The maximum atomic E-state index is 12.5. The Balaban J connectivity index is 1.75. The fraction of sp³-hybridized carbons (Fsp3) is 0.412. The summed E-state index contributed by atoms with van der Waals surface area (Å²) < 4.78 is 42.6. The van der Waals surface area contributed by atoms with Crippen molar-refractivity contribution in [1.29, 1.82) is 0 Å². The molecule has 6 nitrogen and oxygen atoms in total. The Bertz CT molecular complexity index is 778. The second kappa shape index (κ2) is 9.45. The number of guanidine groups is 1. The number of aromatic nitrogens is 1. The van der Waals surface area contributed by atoms with Crippen LogP contribution in [0.4, 0.5) is 13.2 Å². The van der Waals surface area contributed by atoms with Crippen molar-refractivity contribution in [3.63, 3.8) is 0 Å². The predicted molar refractivity (Wildman–Crippen MR) is 98.5 cm³/mol. The quantitative estimate of drug-likeness (QED) is 0.490. The van der Waals surface area contributed by atoms with Crippen LogP contribution < -0.4 is 15.4 Å². The molecule has 0 spiro atoms. The van der Waals surface area contributed by atoms with Crippen molar-refractivity contribution in [2.75, 3.05) is 27.2 Å². The normalized spacial score (nSPS) is 12.1.